The van der Waals surface area contributed by atoms with E-state index in [9.17, 15) is 9.59 Å². The summed E-state index contributed by atoms with van der Waals surface area (Å²) in [5.74, 6) is -0.0319. The number of anilines is 1. The molecule has 0 atom stereocenters. The second-order valence-electron chi connectivity index (χ2n) is 6.84. The van der Waals surface area contributed by atoms with Crippen molar-refractivity contribution in [1.29, 1.82) is 0 Å². The average molecular weight is 382 g/mol. The van der Waals surface area contributed by atoms with Gasteiger partial charge in [0.15, 0.2) is 0 Å². The van der Waals surface area contributed by atoms with Gasteiger partial charge >= 0.3 is 0 Å². The second kappa shape index (κ2) is 7.15. The number of rotatable bonds is 3. The summed E-state index contributed by atoms with van der Waals surface area (Å²) in [4.78, 5) is 35.8. The number of carbonyl (C=O) groups is 1. The molecule has 0 unspecified atom stereocenters. The maximum Gasteiger partial charge on any atom is 0.262 e. The van der Waals surface area contributed by atoms with E-state index in [2.05, 4.69) is 22.0 Å². The van der Waals surface area contributed by atoms with Crippen molar-refractivity contribution < 1.29 is 4.79 Å². The van der Waals surface area contributed by atoms with Gasteiger partial charge in [-0.2, -0.15) is 0 Å². The van der Waals surface area contributed by atoms with Crippen LogP contribution in [0.1, 0.15) is 10.4 Å². The lowest BCUT2D eigenvalue weighted by Gasteiger charge is -2.36. The van der Waals surface area contributed by atoms with Crippen molar-refractivity contribution in [3.05, 3.63) is 57.5 Å². The number of amides is 1. The molecule has 1 aromatic carbocycles. The Hall–Kier alpha value is -2.67. The number of fused-ring (bicyclic) bond motifs is 1. The fourth-order valence-corrected chi connectivity index (χ4v) is 4.47. The van der Waals surface area contributed by atoms with Gasteiger partial charge in [0, 0.05) is 36.7 Å². The van der Waals surface area contributed by atoms with E-state index in [1.54, 1.807) is 0 Å². The quantitative estimate of drug-likeness (QED) is 0.698. The fraction of sp³-hybridized carbons (Fsp3) is 0.350. The highest BCUT2D eigenvalue weighted by molar-refractivity contribution is 7.18. The Morgan fingerprint density at radius 2 is 1.81 bits per heavy atom. The first-order valence-corrected chi connectivity index (χ1v) is 9.89. The standard InChI is InChI=1S/C20H22N4O2S/c1-14-15(2)27-19-18(14)20(26)24(13-21-19)12-17(25)23-10-8-22(9-11-23)16-6-4-3-5-7-16/h3-7,13H,8-12H2,1-2H3. The Labute approximate surface area is 161 Å². The van der Waals surface area contributed by atoms with E-state index in [1.807, 2.05) is 36.9 Å². The van der Waals surface area contributed by atoms with Gasteiger partial charge in [-0.1, -0.05) is 18.2 Å². The van der Waals surface area contributed by atoms with Crippen LogP contribution < -0.4 is 10.5 Å². The first kappa shape index (κ1) is 17.7. The lowest BCUT2D eigenvalue weighted by Crippen LogP contribution is -2.50. The molecule has 27 heavy (non-hydrogen) atoms. The number of piperazine rings is 1. The van der Waals surface area contributed by atoms with Crippen LogP contribution in [-0.4, -0.2) is 46.5 Å². The van der Waals surface area contributed by atoms with E-state index in [4.69, 9.17) is 0 Å². The molecule has 4 rings (SSSR count). The Balaban J connectivity index is 1.46. The summed E-state index contributed by atoms with van der Waals surface area (Å²) >= 11 is 1.52. The minimum Gasteiger partial charge on any atom is -0.368 e. The highest BCUT2D eigenvalue weighted by atomic mass is 32.1. The van der Waals surface area contributed by atoms with Gasteiger partial charge in [-0.25, -0.2) is 4.98 Å². The van der Waals surface area contributed by atoms with Crippen LogP contribution in [0.15, 0.2) is 41.5 Å². The highest BCUT2D eigenvalue weighted by Gasteiger charge is 2.22. The minimum absolute atomic E-state index is 0.0319. The summed E-state index contributed by atoms with van der Waals surface area (Å²) < 4.78 is 1.44. The number of carbonyl (C=O) groups excluding carboxylic acids is 1. The Kier molecular flexibility index (Phi) is 4.70. The van der Waals surface area contributed by atoms with Crippen LogP contribution in [-0.2, 0) is 11.3 Å². The minimum atomic E-state index is -0.127. The molecule has 0 N–H and O–H groups in total. The first-order valence-electron chi connectivity index (χ1n) is 9.07. The number of hydrogen-bond acceptors (Lipinski definition) is 5. The summed E-state index contributed by atoms with van der Waals surface area (Å²) in [5, 5.41) is 0.640. The predicted molar refractivity (Wildman–Crippen MR) is 109 cm³/mol. The van der Waals surface area contributed by atoms with Gasteiger partial charge in [0.05, 0.1) is 11.7 Å². The van der Waals surface area contributed by atoms with Gasteiger partial charge in [0.1, 0.15) is 11.4 Å². The molecule has 0 radical (unpaired) electrons. The van der Waals surface area contributed by atoms with Crippen molar-refractivity contribution >= 4 is 33.1 Å². The molecule has 3 heterocycles. The molecule has 140 valence electrons. The third-order valence-corrected chi connectivity index (χ3v) is 6.33. The summed E-state index contributed by atoms with van der Waals surface area (Å²) in [7, 11) is 0. The third kappa shape index (κ3) is 3.35. The van der Waals surface area contributed by atoms with Gasteiger partial charge < -0.3 is 9.80 Å². The molecule has 1 aliphatic rings. The molecular formula is C20H22N4O2S. The molecule has 1 amide bonds. The number of aromatic nitrogens is 2. The molecule has 2 aromatic heterocycles. The summed E-state index contributed by atoms with van der Waals surface area (Å²) in [6.07, 6.45) is 1.50. The Morgan fingerprint density at radius 3 is 2.52 bits per heavy atom. The van der Waals surface area contributed by atoms with E-state index in [0.717, 1.165) is 28.4 Å². The summed E-state index contributed by atoms with van der Waals surface area (Å²) in [6.45, 7) is 6.88. The number of benzene rings is 1. The zero-order chi connectivity index (χ0) is 19.0. The van der Waals surface area contributed by atoms with Gasteiger partial charge in [0.25, 0.3) is 5.56 Å². The van der Waals surface area contributed by atoms with E-state index >= 15 is 0 Å². The smallest absolute Gasteiger partial charge is 0.262 e. The van der Waals surface area contributed by atoms with Crippen molar-refractivity contribution in [3.63, 3.8) is 0 Å². The molecule has 6 nitrogen and oxygen atoms in total. The number of para-hydroxylation sites is 1. The molecule has 0 aliphatic carbocycles. The Bertz CT molecular complexity index is 1030. The van der Waals surface area contributed by atoms with Crippen molar-refractivity contribution in [1.82, 2.24) is 14.5 Å². The SMILES string of the molecule is Cc1sc2ncn(CC(=O)N3CCN(c4ccccc4)CC3)c(=O)c2c1C. The first-order chi connectivity index (χ1) is 13.0. The average Bonchev–Trinajstić information content (AvgIpc) is 2.99. The lowest BCUT2D eigenvalue weighted by molar-refractivity contribution is -0.132. The van der Waals surface area contributed by atoms with Crippen LogP contribution in [0, 0.1) is 13.8 Å². The van der Waals surface area contributed by atoms with Gasteiger partial charge in [-0.05, 0) is 31.5 Å². The fourth-order valence-electron chi connectivity index (χ4n) is 3.48. The van der Waals surface area contributed by atoms with Gasteiger partial charge in [0.2, 0.25) is 5.91 Å². The Morgan fingerprint density at radius 1 is 1.11 bits per heavy atom. The third-order valence-electron chi connectivity index (χ3n) is 5.22. The molecule has 0 spiro atoms. The summed E-state index contributed by atoms with van der Waals surface area (Å²) in [5.41, 5.74) is 2.02. The number of thiophene rings is 1. The topological polar surface area (TPSA) is 58.4 Å². The van der Waals surface area contributed by atoms with Gasteiger partial charge in [-0.15, -0.1) is 11.3 Å². The van der Waals surface area contributed by atoms with E-state index in [1.165, 1.54) is 27.9 Å². The van der Waals surface area contributed by atoms with Crippen LogP contribution in [0.25, 0.3) is 10.2 Å². The van der Waals surface area contributed by atoms with Crippen molar-refractivity contribution in [2.45, 2.75) is 20.4 Å². The van der Waals surface area contributed by atoms with E-state index in [-0.39, 0.29) is 18.0 Å². The van der Waals surface area contributed by atoms with Crippen LogP contribution >= 0.6 is 11.3 Å². The molecular weight excluding hydrogens is 360 g/mol. The molecule has 1 saturated heterocycles. The lowest BCUT2D eigenvalue weighted by atomic mass is 10.2. The predicted octanol–water partition coefficient (Wildman–Crippen LogP) is 2.42. The summed E-state index contributed by atoms with van der Waals surface area (Å²) in [6, 6.07) is 10.2. The zero-order valence-corrected chi connectivity index (χ0v) is 16.3. The van der Waals surface area contributed by atoms with Crippen molar-refractivity contribution in [2.75, 3.05) is 31.1 Å². The van der Waals surface area contributed by atoms with Gasteiger partial charge in [-0.3, -0.25) is 14.2 Å². The van der Waals surface area contributed by atoms with E-state index < -0.39 is 0 Å². The monoisotopic (exact) mass is 382 g/mol. The molecule has 0 saturated carbocycles. The molecule has 1 fully saturated rings. The highest BCUT2D eigenvalue weighted by Crippen LogP contribution is 2.25. The maximum atomic E-state index is 12.8. The normalized spacial score (nSPS) is 14.7. The van der Waals surface area contributed by atoms with Crippen LogP contribution in [0.4, 0.5) is 5.69 Å². The van der Waals surface area contributed by atoms with Crippen LogP contribution in [0.2, 0.25) is 0 Å². The molecule has 3 aromatic rings. The molecule has 1 aliphatic heterocycles. The largest absolute Gasteiger partial charge is 0.368 e. The van der Waals surface area contributed by atoms with Crippen molar-refractivity contribution in [3.8, 4) is 0 Å². The molecule has 7 heteroatoms. The van der Waals surface area contributed by atoms with E-state index in [0.29, 0.717) is 18.5 Å². The molecule has 0 bridgehead atoms. The zero-order valence-electron chi connectivity index (χ0n) is 15.5. The van der Waals surface area contributed by atoms with Crippen LogP contribution in [0.5, 0.6) is 0 Å². The van der Waals surface area contributed by atoms with Crippen LogP contribution in [0.3, 0.4) is 0 Å². The number of aryl methyl sites for hydroxylation is 2. The van der Waals surface area contributed by atoms with Crippen molar-refractivity contribution in [2.24, 2.45) is 0 Å². The number of hydrogen-bond donors (Lipinski definition) is 0. The maximum absolute atomic E-state index is 12.8. The number of nitrogens with zero attached hydrogens (tertiary/aromatic N) is 4. The second-order valence-corrected chi connectivity index (χ2v) is 8.05.